The van der Waals surface area contributed by atoms with Gasteiger partial charge in [-0.3, -0.25) is 0 Å². The van der Waals surface area contributed by atoms with Crippen molar-refractivity contribution >= 4 is 0 Å². The summed E-state index contributed by atoms with van der Waals surface area (Å²) in [5, 5.41) is 3.81. The van der Waals surface area contributed by atoms with Crippen molar-refractivity contribution in [2.75, 3.05) is 26.2 Å². The molecule has 0 bridgehead atoms. The van der Waals surface area contributed by atoms with Crippen molar-refractivity contribution in [3.05, 3.63) is 24.2 Å². The third-order valence-electron chi connectivity index (χ3n) is 4.99. The van der Waals surface area contributed by atoms with Gasteiger partial charge in [0.25, 0.3) is 0 Å². The molecule has 2 aliphatic rings. The zero-order valence-corrected chi connectivity index (χ0v) is 12.5. The first-order valence-corrected chi connectivity index (χ1v) is 8.40. The summed E-state index contributed by atoms with van der Waals surface area (Å²) >= 11 is 0. The molecule has 1 saturated heterocycles. The number of hydrogen-bond donors (Lipinski definition) is 1. The van der Waals surface area contributed by atoms with Gasteiger partial charge in [0.15, 0.2) is 0 Å². The maximum atomic E-state index is 5.46. The number of furan rings is 1. The highest BCUT2D eigenvalue weighted by Crippen LogP contribution is 2.27. The van der Waals surface area contributed by atoms with Crippen LogP contribution in [0.25, 0.3) is 0 Å². The van der Waals surface area contributed by atoms with Crippen molar-refractivity contribution in [3.63, 3.8) is 0 Å². The molecule has 112 valence electrons. The summed E-state index contributed by atoms with van der Waals surface area (Å²) in [6.45, 7) is 4.79. The molecule has 0 radical (unpaired) electrons. The molecular weight excluding hydrogens is 248 g/mol. The molecule has 3 rings (SSSR count). The highest BCUT2D eigenvalue weighted by Gasteiger charge is 2.26. The minimum absolute atomic E-state index is 0.717. The predicted molar refractivity (Wildman–Crippen MR) is 81.8 cm³/mol. The van der Waals surface area contributed by atoms with E-state index in [0.29, 0.717) is 0 Å². The molecule has 1 aliphatic carbocycles. The first-order chi connectivity index (χ1) is 9.92. The Bertz CT molecular complexity index is 370. The lowest BCUT2D eigenvalue weighted by molar-refractivity contribution is 0.205. The lowest BCUT2D eigenvalue weighted by Gasteiger charge is -2.32. The molecule has 1 aromatic rings. The largest absolute Gasteiger partial charge is 0.469 e. The Morgan fingerprint density at radius 1 is 1.20 bits per heavy atom. The zero-order chi connectivity index (χ0) is 13.6. The lowest BCUT2D eigenvalue weighted by Crippen LogP contribution is -2.44. The maximum absolute atomic E-state index is 5.46. The van der Waals surface area contributed by atoms with E-state index in [2.05, 4.69) is 16.3 Å². The van der Waals surface area contributed by atoms with Gasteiger partial charge in [0.2, 0.25) is 0 Å². The first kappa shape index (κ1) is 14.2. The third-order valence-corrected chi connectivity index (χ3v) is 4.99. The van der Waals surface area contributed by atoms with E-state index in [1.165, 1.54) is 58.2 Å². The number of hydrogen-bond acceptors (Lipinski definition) is 3. The van der Waals surface area contributed by atoms with Crippen molar-refractivity contribution in [1.29, 1.82) is 0 Å². The van der Waals surface area contributed by atoms with E-state index >= 15 is 0 Å². The van der Waals surface area contributed by atoms with E-state index in [-0.39, 0.29) is 0 Å². The molecule has 3 nitrogen and oxygen atoms in total. The summed E-state index contributed by atoms with van der Waals surface area (Å²) in [6.07, 6.45) is 11.3. The van der Waals surface area contributed by atoms with Crippen LogP contribution in [0.3, 0.4) is 0 Å². The molecule has 2 fully saturated rings. The highest BCUT2D eigenvalue weighted by molar-refractivity contribution is 4.98. The second-order valence-electron chi connectivity index (χ2n) is 6.44. The number of nitrogens with one attached hydrogen (secondary N) is 1. The van der Waals surface area contributed by atoms with Crippen LogP contribution in [0.15, 0.2) is 22.8 Å². The van der Waals surface area contributed by atoms with Crippen molar-refractivity contribution in [2.24, 2.45) is 5.92 Å². The Kier molecular flexibility index (Phi) is 5.15. The SMILES string of the molecule is c1coc(CCN2CCCNC(C3CCCCC3)C2)c1. The van der Waals surface area contributed by atoms with E-state index in [1.807, 2.05) is 6.07 Å². The topological polar surface area (TPSA) is 28.4 Å². The van der Waals surface area contributed by atoms with E-state index in [4.69, 9.17) is 4.42 Å². The summed E-state index contributed by atoms with van der Waals surface area (Å²) in [4.78, 5) is 2.64. The molecule has 1 N–H and O–H groups in total. The van der Waals surface area contributed by atoms with Crippen LogP contribution in [0.4, 0.5) is 0 Å². The van der Waals surface area contributed by atoms with Gasteiger partial charge in [0.05, 0.1) is 6.26 Å². The minimum atomic E-state index is 0.717. The van der Waals surface area contributed by atoms with Crippen LogP contribution in [-0.4, -0.2) is 37.1 Å². The van der Waals surface area contributed by atoms with Crippen molar-refractivity contribution < 1.29 is 4.42 Å². The third kappa shape index (κ3) is 3.86. The average Bonchev–Trinajstić information content (AvgIpc) is 2.90. The van der Waals surface area contributed by atoms with Crippen LogP contribution < -0.4 is 5.32 Å². The summed E-state index contributed by atoms with van der Waals surface area (Å²) in [5.41, 5.74) is 0. The zero-order valence-electron chi connectivity index (χ0n) is 12.5. The molecule has 0 aromatic carbocycles. The number of nitrogens with zero attached hydrogens (tertiary/aromatic N) is 1. The van der Waals surface area contributed by atoms with Crippen molar-refractivity contribution in [1.82, 2.24) is 10.2 Å². The Balaban J connectivity index is 1.51. The van der Waals surface area contributed by atoms with E-state index < -0.39 is 0 Å². The Morgan fingerprint density at radius 3 is 2.90 bits per heavy atom. The standard InChI is InChI=1S/C17H28N2O/c1-2-6-15(7-3-1)17-14-19(11-5-10-18-17)12-9-16-8-4-13-20-16/h4,8,13,15,17-18H,1-3,5-7,9-12,14H2. The van der Waals surface area contributed by atoms with Crippen LogP contribution in [0.1, 0.15) is 44.3 Å². The van der Waals surface area contributed by atoms with Gasteiger partial charge in [-0.25, -0.2) is 0 Å². The second kappa shape index (κ2) is 7.28. The van der Waals surface area contributed by atoms with Gasteiger partial charge in [0.1, 0.15) is 5.76 Å². The number of rotatable bonds is 4. The Hall–Kier alpha value is -0.800. The molecule has 1 aliphatic heterocycles. The van der Waals surface area contributed by atoms with Gasteiger partial charge in [-0.2, -0.15) is 0 Å². The van der Waals surface area contributed by atoms with Gasteiger partial charge in [-0.15, -0.1) is 0 Å². The van der Waals surface area contributed by atoms with Crippen LogP contribution in [-0.2, 0) is 6.42 Å². The molecule has 1 saturated carbocycles. The average molecular weight is 276 g/mol. The van der Waals surface area contributed by atoms with Crippen molar-refractivity contribution in [2.45, 2.75) is 51.0 Å². The second-order valence-corrected chi connectivity index (χ2v) is 6.44. The van der Waals surface area contributed by atoms with Crippen LogP contribution in [0.2, 0.25) is 0 Å². The molecule has 2 heterocycles. The summed E-state index contributed by atoms with van der Waals surface area (Å²) in [7, 11) is 0. The highest BCUT2D eigenvalue weighted by atomic mass is 16.3. The van der Waals surface area contributed by atoms with Gasteiger partial charge in [-0.1, -0.05) is 19.3 Å². The summed E-state index contributed by atoms with van der Waals surface area (Å²) in [6, 6.07) is 4.80. The van der Waals surface area contributed by atoms with Crippen LogP contribution >= 0.6 is 0 Å². The fraction of sp³-hybridized carbons (Fsp3) is 0.765. The molecule has 0 spiro atoms. The van der Waals surface area contributed by atoms with E-state index in [1.54, 1.807) is 6.26 Å². The molecule has 20 heavy (non-hydrogen) atoms. The Labute approximate surface area is 122 Å². The molecule has 1 unspecified atom stereocenters. The van der Waals surface area contributed by atoms with Crippen LogP contribution in [0, 0.1) is 5.92 Å². The molecule has 3 heteroatoms. The summed E-state index contributed by atoms with van der Waals surface area (Å²) in [5.74, 6) is 2.03. The van der Waals surface area contributed by atoms with Crippen LogP contribution in [0.5, 0.6) is 0 Å². The van der Waals surface area contributed by atoms with Gasteiger partial charge < -0.3 is 14.6 Å². The van der Waals surface area contributed by atoms with E-state index in [9.17, 15) is 0 Å². The van der Waals surface area contributed by atoms with Gasteiger partial charge in [-0.05, 0) is 50.4 Å². The van der Waals surface area contributed by atoms with Gasteiger partial charge >= 0.3 is 0 Å². The summed E-state index contributed by atoms with van der Waals surface area (Å²) < 4.78 is 5.46. The minimum Gasteiger partial charge on any atom is -0.469 e. The maximum Gasteiger partial charge on any atom is 0.105 e. The molecular formula is C17H28N2O. The lowest BCUT2D eigenvalue weighted by atomic mass is 9.83. The fourth-order valence-electron chi connectivity index (χ4n) is 3.80. The van der Waals surface area contributed by atoms with Gasteiger partial charge in [0, 0.05) is 25.6 Å². The molecule has 0 amide bonds. The fourth-order valence-corrected chi connectivity index (χ4v) is 3.80. The monoisotopic (exact) mass is 276 g/mol. The quantitative estimate of drug-likeness (QED) is 0.916. The smallest absolute Gasteiger partial charge is 0.105 e. The normalized spacial score (nSPS) is 26.5. The molecule has 1 atom stereocenters. The molecule has 1 aromatic heterocycles. The Morgan fingerprint density at radius 2 is 2.10 bits per heavy atom. The predicted octanol–water partition coefficient (Wildman–Crippen LogP) is 3.07. The van der Waals surface area contributed by atoms with E-state index in [0.717, 1.165) is 30.7 Å². The first-order valence-electron chi connectivity index (χ1n) is 8.40. The van der Waals surface area contributed by atoms with Crippen molar-refractivity contribution in [3.8, 4) is 0 Å².